The minimum Gasteiger partial charge on any atom is -0.496 e. The maximum absolute atomic E-state index is 12.4. The van der Waals surface area contributed by atoms with E-state index in [-0.39, 0.29) is 18.8 Å². The number of carbonyl (C=O) groups is 2. The molecule has 2 atom stereocenters. The fourth-order valence-electron chi connectivity index (χ4n) is 2.74. The van der Waals surface area contributed by atoms with Crippen molar-refractivity contribution in [3.63, 3.8) is 0 Å². The minimum absolute atomic E-state index is 0.143. The van der Waals surface area contributed by atoms with E-state index in [4.69, 9.17) is 14.2 Å². The van der Waals surface area contributed by atoms with Crippen LogP contribution in [0.25, 0.3) is 0 Å². The van der Waals surface area contributed by atoms with Gasteiger partial charge in [-0.3, -0.25) is 0 Å². The third-order valence-corrected chi connectivity index (χ3v) is 3.92. The third kappa shape index (κ3) is 4.75. The Labute approximate surface area is 141 Å². The number of hydrogen-bond donors (Lipinski definition) is 1. The normalized spacial score (nSPS) is 19.9. The van der Waals surface area contributed by atoms with Crippen LogP contribution in [0, 0.1) is 0 Å². The Kier molecular flexibility index (Phi) is 6.66. The number of esters is 1. The number of rotatable bonds is 6. The summed E-state index contributed by atoms with van der Waals surface area (Å²) in [6, 6.07) is 6.65. The van der Waals surface area contributed by atoms with E-state index >= 15 is 0 Å². The summed E-state index contributed by atoms with van der Waals surface area (Å²) in [5.74, 6) is 0.0128. The van der Waals surface area contributed by atoms with Crippen molar-refractivity contribution in [2.75, 3.05) is 13.7 Å². The van der Waals surface area contributed by atoms with Crippen LogP contribution in [0.15, 0.2) is 36.9 Å². The van der Waals surface area contributed by atoms with E-state index in [1.54, 1.807) is 24.3 Å². The fourth-order valence-corrected chi connectivity index (χ4v) is 2.74. The van der Waals surface area contributed by atoms with E-state index in [0.717, 1.165) is 19.3 Å². The van der Waals surface area contributed by atoms with Crippen molar-refractivity contribution in [2.24, 2.45) is 0 Å². The first-order chi connectivity index (χ1) is 11.7. The number of hydrogen-bond acceptors (Lipinski definition) is 5. The summed E-state index contributed by atoms with van der Waals surface area (Å²) in [5, 5.41) is 2.77. The topological polar surface area (TPSA) is 73.9 Å². The molecule has 130 valence electrons. The highest BCUT2D eigenvalue weighted by Gasteiger charge is 2.31. The first kappa shape index (κ1) is 17.8. The minimum atomic E-state index is -0.528. The lowest BCUT2D eigenvalue weighted by atomic mass is 9.92. The van der Waals surface area contributed by atoms with Gasteiger partial charge in [0.25, 0.3) is 0 Å². The van der Waals surface area contributed by atoms with Crippen LogP contribution in [0.3, 0.4) is 0 Å². The first-order valence-electron chi connectivity index (χ1n) is 8.04. The lowest BCUT2D eigenvalue weighted by Gasteiger charge is -2.31. The number of alkyl carbamates (subject to hydrolysis) is 1. The number of amides is 1. The summed E-state index contributed by atoms with van der Waals surface area (Å²) in [5.41, 5.74) is 0.374. The van der Waals surface area contributed by atoms with Crippen molar-refractivity contribution in [3.05, 3.63) is 42.5 Å². The van der Waals surface area contributed by atoms with E-state index in [0.29, 0.717) is 17.7 Å². The average Bonchev–Trinajstić information content (AvgIpc) is 2.61. The van der Waals surface area contributed by atoms with Gasteiger partial charge >= 0.3 is 12.1 Å². The van der Waals surface area contributed by atoms with Gasteiger partial charge in [-0.1, -0.05) is 31.2 Å². The SMILES string of the molecule is C=CCOC(=O)NC1CCCCC1OC(=O)c1ccccc1OC. The van der Waals surface area contributed by atoms with Crippen LogP contribution in [0.5, 0.6) is 5.75 Å². The highest BCUT2D eigenvalue weighted by atomic mass is 16.6. The molecule has 1 fully saturated rings. The van der Waals surface area contributed by atoms with Gasteiger partial charge in [-0.25, -0.2) is 9.59 Å². The van der Waals surface area contributed by atoms with E-state index in [1.165, 1.54) is 13.2 Å². The molecule has 2 unspecified atom stereocenters. The Hall–Kier alpha value is -2.50. The Morgan fingerprint density at radius 1 is 1.29 bits per heavy atom. The summed E-state index contributed by atoms with van der Waals surface area (Å²) in [6.45, 7) is 3.64. The molecule has 1 aromatic carbocycles. The zero-order chi connectivity index (χ0) is 17.4. The summed E-state index contributed by atoms with van der Waals surface area (Å²) in [7, 11) is 1.51. The van der Waals surface area contributed by atoms with Gasteiger partial charge in [-0.2, -0.15) is 0 Å². The Balaban J connectivity index is 2.01. The average molecular weight is 333 g/mol. The largest absolute Gasteiger partial charge is 0.496 e. The van der Waals surface area contributed by atoms with Gasteiger partial charge in [-0.05, 0) is 31.4 Å². The van der Waals surface area contributed by atoms with E-state index < -0.39 is 12.1 Å². The zero-order valence-corrected chi connectivity index (χ0v) is 13.8. The molecule has 24 heavy (non-hydrogen) atoms. The smallest absolute Gasteiger partial charge is 0.407 e. The van der Waals surface area contributed by atoms with Gasteiger partial charge in [-0.15, -0.1) is 0 Å². The Morgan fingerprint density at radius 3 is 2.79 bits per heavy atom. The summed E-state index contributed by atoms with van der Waals surface area (Å²) >= 11 is 0. The molecule has 0 radical (unpaired) electrons. The molecule has 1 aliphatic rings. The zero-order valence-electron chi connectivity index (χ0n) is 13.8. The van der Waals surface area contributed by atoms with Crippen molar-refractivity contribution in [1.82, 2.24) is 5.32 Å². The molecule has 0 saturated heterocycles. The first-order valence-corrected chi connectivity index (χ1v) is 8.04. The van der Waals surface area contributed by atoms with Crippen molar-refractivity contribution >= 4 is 12.1 Å². The van der Waals surface area contributed by atoms with Crippen molar-refractivity contribution in [1.29, 1.82) is 0 Å². The van der Waals surface area contributed by atoms with Gasteiger partial charge in [0, 0.05) is 0 Å². The summed E-state index contributed by atoms with van der Waals surface area (Å²) < 4.78 is 15.8. The maximum Gasteiger partial charge on any atom is 0.407 e. The molecule has 6 heteroatoms. The van der Waals surface area contributed by atoms with Crippen LogP contribution in [-0.2, 0) is 9.47 Å². The van der Waals surface area contributed by atoms with Crippen molar-refractivity contribution in [3.8, 4) is 5.75 Å². The quantitative estimate of drug-likeness (QED) is 0.640. The van der Waals surface area contributed by atoms with Gasteiger partial charge in [0.2, 0.25) is 0 Å². The lowest BCUT2D eigenvalue weighted by Crippen LogP contribution is -2.47. The second-order valence-corrected chi connectivity index (χ2v) is 5.57. The molecule has 6 nitrogen and oxygen atoms in total. The molecule has 0 heterocycles. The Bertz CT molecular complexity index is 587. The fraction of sp³-hybridized carbons (Fsp3) is 0.444. The molecular formula is C18H23NO5. The molecule has 0 aliphatic heterocycles. The highest BCUT2D eigenvalue weighted by molar-refractivity contribution is 5.92. The Morgan fingerprint density at radius 2 is 2.04 bits per heavy atom. The van der Waals surface area contributed by atoms with Crippen LogP contribution >= 0.6 is 0 Å². The number of ether oxygens (including phenoxy) is 3. The van der Waals surface area contributed by atoms with Crippen LogP contribution in [0.1, 0.15) is 36.0 Å². The number of nitrogens with one attached hydrogen (secondary N) is 1. The molecule has 0 aromatic heterocycles. The van der Waals surface area contributed by atoms with E-state index in [2.05, 4.69) is 11.9 Å². The molecule has 1 amide bonds. The maximum atomic E-state index is 12.4. The molecule has 1 aliphatic carbocycles. The van der Waals surface area contributed by atoms with E-state index in [1.807, 2.05) is 0 Å². The van der Waals surface area contributed by atoms with Crippen LogP contribution in [-0.4, -0.2) is 37.9 Å². The number of methoxy groups -OCH3 is 1. The predicted molar refractivity (Wildman–Crippen MR) is 89.1 cm³/mol. The van der Waals surface area contributed by atoms with Crippen LogP contribution in [0.4, 0.5) is 4.79 Å². The van der Waals surface area contributed by atoms with Crippen molar-refractivity contribution in [2.45, 2.75) is 37.8 Å². The molecule has 1 N–H and O–H groups in total. The van der Waals surface area contributed by atoms with Gasteiger partial charge in [0.1, 0.15) is 24.0 Å². The second-order valence-electron chi connectivity index (χ2n) is 5.57. The molecule has 1 saturated carbocycles. The monoisotopic (exact) mass is 333 g/mol. The number of para-hydroxylation sites is 1. The molecule has 0 bridgehead atoms. The van der Waals surface area contributed by atoms with Crippen molar-refractivity contribution < 1.29 is 23.8 Å². The summed E-state index contributed by atoms with van der Waals surface area (Å²) in [6.07, 6.45) is 3.95. The van der Waals surface area contributed by atoms with E-state index in [9.17, 15) is 9.59 Å². The number of benzene rings is 1. The molecule has 2 rings (SSSR count). The third-order valence-electron chi connectivity index (χ3n) is 3.92. The van der Waals surface area contributed by atoms with Crippen LogP contribution in [0.2, 0.25) is 0 Å². The number of carbonyl (C=O) groups excluding carboxylic acids is 2. The van der Waals surface area contributed by atoms with Gasteiger partial charge in [0.05, 0.1) is 13.2 Å². The second kappa shape index (κ2) is 8.96. The standard InChI is InChI=1S/C18H23NO5/c1-3-12-23-18(21)19-14-9-5-7-11-16(14)24-17(20)13-8-4-6-10-15(13)22-2/h3-4,6,8,10,14,16H,1,5,7,9,11-12H2,2H3,(H,19,21). The molecule has 0 spiro atoms. The lowest BCUT2D eigenvalue weighted by molar-refractivity contribution is 0.00946. The molecule has 1 aromatic rings. The van der Waals surface area contributed by atoms with Crippen LogP contribution < -0.4 is 10.1 Å². The van der Waals surface area contributed by atoms with Gasteiger partial charge in [0.15, 0.2) is 0 Å². The van der Waals surface area contributed by atoms with Gasteiger partial charge < -0.3 is 19.5 Å². The predicted octanol–water partition coefficient (Wildman–Crippen LogP) is 3.08. The summed E-state index contributed by atoms with van der Waals surface area (Å²) in [4.78, 5) is 24.2. The molecular weight excluding hydrogens is 310 g/mol. The highest BCUT2D eigenvalue weighted by Crippen LogP contribution is 2.25.